The van der Waals surface area contributed by atoms with Gasteiger partial charge in [0.2, 0.25) is 0 Å². The van der Waals surface area contributed by atoms with Gasteiger partial charge in [0, 0.05) is 5.69 Å². The van der Waals surface area contributed by atoms with Crippen LogP contribution in [0.2, 0.25) is 0 Å². The first-order chi connectivity index (χ1) is 16.2. The largest absolute Gasteiger partial charge is 0.497 e. The maximum absolute atomic E-state index is 13.4. The van der Waals surface area contributed by atoms with Crippen molar-refractivity contribution in [2.45, 2.75) is 18.3 Å². The van der Waals surface area contributed by atoms with E-state index in [0.717, 1.165) is 17.0 Å². The molecule has 34 heavy (non-hydrogen) atoms. The molecule has 2 atom stereocenters. The van der Waals surface area contributed by atoms with Crippen LogP contribution in [0.4, 0.5) is 18.9 Å². The van der Waals surface area contributed by atoms with E-state index in [2.05, 4.69) is 0 Å². The normalized spacial score (nSPS) is 19.8. The van der Waals surface area contributed by atoms with Crippen LogP contribution >= 0.6 is 0 Å². The number of carbonyl (C=O) groups is 3. The lowest BCUT2D eigenvalue weighted by Gasteiger charge is -2.49. The summed E-state index contributed by atoms with van der Waals surface area (Å²) in [6.45, 7) is 0. The van der Waals surface area contributed by atoms with Crippen LogP contribution in [0.25, 0.3) is 0 Å². The van der Waals surface area contributed by atoms with E-state index in [9.17, 15) is 27.6 Å². The topological polar surface area (TPSA) is 66.9 Å². The van der Waals surface area contributed by atoms with E-state index in [-0.39, 0.29) is 16.8 Å². The molecule has 2 heterocycles. The van der Waals surface area contributed by atoms with Gasteiger partial charge in [0.1, 0.15) is 11.8 Å². The number of amides is 3. The van der Waals surface area contributed by atoms with Crippen LogP contribution in [0.1, 0.15) is 37.9 Å². The summed E-state index contributed by atoms with van der Waals surface area (Å²) >= 11 is 0. The van der Waals surface area contributed by atoms with Crippen molar-refractivity contribution in [2.75, 3.05) is 12.0 Å². The molecule has 172 valence electrons. The summed E-state index contributed by atoms with van der Waals surface area (Å²) in [7, 11) is 1.46. The molecule has 2 unspecified atom stereocenters. The molecule has 1 saturated heterocycles. The van der Waals surface area contributed by atoms with Crippen molar-refractivity contribution in [3.8, 4) is 5.75 Å². The molecule has 0 aromatic heterocycles. The Balaban J connectivity index is 1.60. The molecule has 3 aromatic rings. The lowest BCUT2D eigenvalue weighted by atomic mass is 9.86. The van der Waals surface area contributed by atoms with E-state index >= 15 is 0 Å². The van der Waals surface area contributed by atoms with Crippen molar-refractivity contribution < 1.29 is 32.3 Å². The van der Waals surface area contributed by atoms with Crippen LogP contribution < -0.4 is 9.64 Å². The van der Waals surface area contributed by atoms with E-state index < -0.39 is 41.5 Å². The number of alkyl halides is 3. The number of rotatable bonds is 4. The molecule has 2 aliphatic heterocycles. The third-order valence-corrected chi connectivity index (χ3v) is 6.06. The summed E-state index contributed by atoms with van der Waals surface area (Å²) in [6.07, 6.45) is -4.60. The highest BCUT2D eigenvalue weighted by Crippen LogP contribution is 2.45. The minimum absolute atomic E-state index is 0.0144. The van der Waals surface area contributed by atoms with Gasteiger partial charge in [-0.05, 0) is 48.0 Å². The molecule has 0 aliphatic carbocycles. The molecule has 0 saturated carbocycles. The first-order valence-electron chi connectivity index (χ1n) is 10.3. The number of hydrogen-bond acceptors (Lipinski definition) is 4. The predicted octanol–water partition coefficient (Wildman–Crippen LogP) is 4.47. The smallest absolute Gasteiger partial charge is 0.416 e. The Morgan fingerprint density at radius 1 is 0.765 bits per heavy atom. The van der Waals surface area contributed by atoms with Crippen LogP contribution in [0.3, 0.4) is 0 Å². The van der Waals surface area contributed by atoms with Crippen molar-refractivity contribution in [1.82, 2.24) is 4.90 Å². The molecular weight excluding hydrogens is 449 g/mol. The summed E-state index contributed by atoms with van der Waals surface area (Å²) in [5, 5.41) is 0. The van der Waals surface area contributed by atoms with Gasteiger partial charge < -0.3 is 9.64 Å². The van der Waals surface area contributed by atoms with E-state index in [1.165, 1.54) is 36.3 Å². The Kier molecular flexibility index (Phi) is 4.93. The number of carbonyl (C=O) groups excluding carboxylic acids is 3. The molecule has 9 heteroatoms. The van der Waals surface area contributed by atoms with Crippen molar-refractivity contribution in [1.29, 1.82) is 0 Å². The van der Waals surface area contributed by atoms with Gasteiger partial charge in [0.15, 0.2) is 0 Å². The van der Waals surface area contributed by atoms with Crippen molar-refractivity contribution in [3.63, 3.8) is 0 Å². The van der Waals surface area contributed by atoms with Crippen molar-refractivity contribution >= 4 is 23.4 Å². The summed E-state index contributed by atoms with van der Waals surface area (Å²) in [5.74, 6) is -1.42. The molecule has 0 spiro atoms. The van der Waals surface area contributed by atoms with Crippen molar-refractivity contribution in [2.24, 2.45) is 0 Å². The Labute approximate surface area is 192 Å². The van der Waals surface area contributed by atoms with Gasteiger partial charge in [-0.1, -0.05) is 30.3 Å². The first kappa shape index (κ1) is 21.7. The van der Waals surface area contributed by atoms with E-state index in [1.54, 1.807) is 36.4 Å². The average molecular weight is 466 g/mol. The van der Waals surface area contributed by atoms with E-state index in [4.69, 9.17) is 4.74 Å². The summed E-state index contributed by atoms with van der Waals surface area (Å²) in [6, 6.07) is 15.2. The molecule has 1 fully saturated rings. The number of nitrogens with zero attached hydrogens (tertiary/aromatic N) is 2. The zero-order valence-corrected chi connectivity index (χ0v) is 17.7. The molecule has 0 radical (unpaired) electrons. The quantitative estimate of drug-likeness (QED) is 0.421. The number of ether oxygens (including phenoxy) is 1. The maximum Gasteiger partial charge on any atom is 0.416 e. The highest BCUT2D eigenvalue weighted by atomic mass is 19.4. The van der Waals surface area contributed by atoms with Crippen LogP contribution in [-0.2, 0) is 11.0 Å². The highest BCUT2D eigenvalue weighted by Gasteiger charge is 2.57. The monoisotopic (exact) mass is 466 g/mol. The van der Waals surface area contributed by atoms with Crippen molar-refractivity contribution in [3.05, 3.63) is 95.1 Å². The minimum atomic E-state index is -4.60. The van der Waals surface area contributed by atoms with Gasteiger partial charge in [0.25, 0.3) is 17.7 Å². The lowest BCUT2D eigenvalue weighted by molar-refractivity contribution is -0.137. The highest BCUT2D eigenvalue weighted by molar-refractivity contribution is 6.24. The number of imide groups is 1. The lowest BCUT2D eigenvalue weighted by Crippen LogP contribution is -2.67. The van der Waals surface area contributed by atoms with Crippen LogP contribution in [0.5, 0.6) is 5.75 Å². The fourth-order valence-electron chi connectivity index (χ4n) is 4.46. The van der Waals surface area contributed by atoms with Gasteiger partial charge >= 0.3 is 6.18 Å². The predicted molar refractivity (Wildman–Crippen MR) is 115 cm³/mol. The van der Waals surface area contributed by atoms with Crippen LogP contribution in [0, 0.1) is 0 Å². The second kappa shape index (κ2) is 7.72. The summed E-state index contributed by atoms with van der Waals surface area (Å²) in [4.78, 5) is 41.6. The molecular formula is C25H17F3N2O4. The van der Waals surface area contributed by atoms with Crippen LogP contribution in [0.15, 0.2) is 72.8 Å². The standard InChI is InChI=1S/C25H17F3N2O4/c1-34-17-9-4-6-14(12-17)20-21(30-22(31)18-10-2-3-11-19(18)23(30)32)24(33)29(20)16-8-5-7-15(13-16)25(26,27)28/h2-13,20-21H,1H3. The average Bonchev–Trinajstić information content (AvgIpc) is 3.07. The summed E-state index contributed by atoms with van der Waals surface area (Å²) in [5.41, 5.74) is -0.0192. The van der Waals surface area contributed by atoms with Crippen LogP contribution in [-0.4, -0.2) is 35.8 Å². The number of methoxy groups -OCH3 is 1. The van der Waals surface area contributed by atoms with Gasteiger partial charge in [0.05, 0.1) is 29.8 Å². The Bertz CT molecular complexity index is 1300. The second-order valence-electron chi connectivity index (χ2n) is 7.95. The molecule has 6 nitrogen and oxygen atoms in total. The Hall–Kier alpha value is -4.14. The molecule has 2 aliphatic rings. The number of benzene rings is 3. The number of fused-ring (bicyclic) bond motifs is 1. The van der Waals surface area contributed by atoms with Gasteiger partial charge in [-0.3, -0.25) is 19.3 Å². The minimum Gasteiger partial charge on any atom is -0.497 e. The molecule has 5 rings (SSSR count). The molecule has 0 N–H and O–H groups in total. The maximum atomic E-state index is 13.4. The third kappa shape index (κ3) is 3.23. The molecule has 3 aromatic carbocycles. The number of halogens is 3. The number of β-lactam (4-membered cyclic amide) rings is 1. The number of anilines is 1. The van der Waals surface area contributed by atoms with Gasteiger partial charge in [-0.25, -0.2) is 0 Å². The fourth-order valence-corrected chi connectivity index (χ4v) is 4.46. The second-order valence-corrected chi connectivity index (χ2v) is 7.95. The zero-order valence-electron chi connectivity index (χ0n) is 17.7. The fraction of sp³-hybridized carbons (Fsp3) is 0.160. The third-order valence-electron chi connectivity index (χ3n) is 6.06. The van der Waals surface area contributed by atoms with E-state index in [1.807, 2.05) is 0 Å². The zero-order chi connectivity index (χ0) is 24.2. The van der Waals surface area contributed by atoms with Gasteiger partial charge in [-0.15, -0.1) is 0 Å². The first-order valence-corrected chi connectivity index (χ1v) is 10.3. The number of hydrogen-bond donors (Lipinski definition) is 0. The SMILES string of the molecule is COc1cccc(C2C(N3C(=O)c4ccccc4C3=O)C(=O)N2c2cccc(C(F)(F)F)c2)c1. The molecule has 3 amide bonds. The molecule has 0 bridgehead atoms. The summed E-state index contributed by atoms with van der Waals surface area (Å²) < 4.78 is 45.2. The Morgan fingerprint density at radius 2 is 1.41 bits per heavy atom. The van der Waals surface area contributed by atoms with E-state index in [0.29, 0.717) is 11.3 Å². The Morgan fingerprint density at radius 3 is 2.03 bits per heavy atom. The van der Waals surface area contributed by atoms with Gasteiger partial charge in [-0.2, -0.15) is 13.2 Å².